The molecule has 1 heterocycles. The summed E-state index contributed by atoms with van der Waals surface area (Å²) in [5.74, 6) is 1.07. The topological polar surface area (TPSA) is 64.0 Å². The molecule has 1 aromatic heterocycles. The maximum Gasteiger partial charge on any atom is 0.257 e. The highest BCUT2D eigenvalue weighted by Crippen LogP contribution is 2.39. The van der Waals surface area contributed by atoms with Crippen LogP contribution in [-0.4, -0.2) is 39.8 Å². The second-order valence-corrected chi connectivity index (χ2v) is 10.5. The first kappa shape index (κ1) is 25.6. The first-order valence-corrected chi connectivity index (χ1v) is 14.6. The summed E-state index contributed by atoms with van der Waals surface area (Å²) in [6.07, 6.45) is 10.3. The fraction of sp³-hybridized carbons (Fsp3) is 0.393. The van der Waals surface area contributed by atoms with Gasteiger partial charge in [-0.1, -0.05) is 31.2 Å². The molecule has 2 unspecified atom stereocenters. The van der Waals surface area contributed by atoms with Crippen LogP contribution in [0.2, 0.25) is 0 Å². The molecule has 1 N–H and O–H groups in total. The minimum atomic E-state index is 0.0109. The quantitative estimate of drug-likeness (QED) is 0.204. The Morgan fingerprint density at radius 2 is 1.97 bits per heavy atom. The molecule has 2 atom stereocenters. The number of amides is 1. The number of fused-ring (bicyclic) bond motifs is 1. The Kier molecular flexibility index (Phi) is 8.39. The lowest BCUT2D eigenvalue weighted by Crippen LogP contribution is -2.39. The summed E-state index contributed by atoms with van der Waals surface area (Å²) in [6, 6.07) is 14.6. The molecule has 4 rings (SSSR count). The number of nitrogens with one attached hydrogen (secondary N) is 1. The number of rotatable bonds is 8. The molecule has 0 radical (unpaired) electrons. The van der Waals surface area contributed by atoms with Crippen LogP contribution in [0.5, 0.6) is 0 Å². The standard InChI is InChI=1S/C28H33N3O2S2/c1-5-24(32)18-14-15-23-22(16-18)30-27(21-12-7-8-13-26(21)35-4)31(23)20-11-9-10-19(17-20)29-28(33)25(6-2)34-3/h6-8,12-16,19-20H,5,9-11,17H2,1-4H3,(H,29,33)/b25-6-. The molecule has 1 aliphatic rings. The Balaban J connectivity index is 1.77. The van der Waals surface area contributed by atoms with Crippen LogP contribution >= 0.6 is 23.5 Å². The first-order valence-electron chi connectivity index (χ1n) is 12.2. The Morgan fingerprint density at radius 1 is 1.17 bits per heavy atom. The lowest BCUT2D eigenvalue weighted by atomic mass is 9.90. The van der Waals surface area contributed by atoms with Gasteiger partial charge in [0.15, 0.2) is 5.78 Å². The molecule has 35 heavy (non-hydrogen) atoms. The summed E-state index contributed by atoms with van der Waals surface area (Å²) in [7, 11) is 0. The van der Waals surface area contributed by atoms with Gasteiger partial charge in [-0.15, -0.1) is 23.5 Å². The normalized spacial score (nSPS) is 18.6. The van der Waals surface area contributed by atoms with E-state index in [1.54, 1.807) is 11.8 Å². The van der Waals surface area contributed by atoms with Gasteiger partial charge >= 0.3 is 0 Å². The van der Waals surface area contributed by atoms with Crippen molar-refractivity contribution in [3.8, 4) is 11.4 Å². The molecule has 0 saturated heterocycles. The van der Waals surface area contributed by atoms with Gasteiger partial charge in [0.1, 0.15) is 5.82 Å². The average Bonchev–Trinajstić information content (AvgIpc) is 3.27. The van der Waals surface area contributed by atoms with E-state index in [1.165, 1.54) is 16.7 Å². The Bertz CT molecular complexity index is 1260. The molecule has 0 bridgehead atoms. The van der Waals surface area contributed by atoms with Crippen molar-refractivity contribution in [2.24, 2.45) is 0 Å². The molecule has 1 amide bonds. The number of hydrogen-bond acceptors (Lipinski definition) is 5. The molecular formula is C28H33N3O2S2. The molecular weight excluding hydrogens is 474 g/mol. The van der Waals surface area contributed by atoms with Crippen molar-refractivity contribution in [2.75, 3.05) is 12.5 Å². The van der Waals surface area contributed by atoms with E-state index in [-0.39, 0.29) is 23.8 Å². The maximum atomic E-state index is 12.7. The fourth-order valence-corrected chi connectivity index (χ4v) is 6.07. The van der Waals surface area contributed by atoms with Crippen LogP contribution in [0, 0.1) is 0 Å². The van der Waals surface area contributed by atoms with Crippen molar-refractivity contribution in [1.29, 1.82) is 0 Å². The van der Waals surface area contributed by atoms with Crippen LogP contribution in [0.1, 0.15) is 62.4 Å². The fourth-order valence-electron chi connectivity index (χ4n) is 4.99. The molecule has 3 aromatic rings. The summed E-state index contributed by atoms with van der Waals surface area (Å²) in [4.78, 5) is 32.1. The second-order valence-electron chi connectivity index (χ2n) is 8.83. The first-order chi connectivity index (χ1) is 17.0. The van der Waals surface area contributed by atoms with Crippen LogP contribution in [0.25, 0.3) is 22.4 Å². The predicted molar refractivity (Wildman–Crippen MR) is 148 cm³/mol. The highest BCUT2D eigenvalue weighted by molar-refractivity contribution is 8.03. The van der Waals surface area contributed by atoms with Crippen LogP contribution < -0.4 is 5.32 Å². The number of hydrogen-bond donors (Lipinski definition) is 1. The third-order valence-corrected chi connectivity index (χ3v) is 8.39. The van der Waals surface area contributed by atoms with Crippen molar-refractivity contribution in [3.63, 3.8) is 0 Å². The van der Waals surface area contributed by atoms with E-state index in [0.29, 0.717) is 12.0 Å². The predicted octanol–water partition coefficient (Wildman–Crippen LogP) is 6.88. The van der Waals surface area contributed by atoms with E-state index in [0.717, 1.165) is 53.0 Å². The van der Waals surface area contributed by atoms with Crippen molar-refractivity contribution < 1.29 is 9.59 Å². The Labute approximate surface area is 216 Å². The number of aromatic nitrogens is 2. The van der Waals surface area contributed by atoms with Crippen molar-refractivity contribution in [2.45, 2.75) is 62.9 Å². The summed E-state index contributed by atoms with van der Waals surface area (Å²) < 4.78 is 2.36. The Morgan fingerprint density at radius 3 is 2.69 bits per heavy atom. The minimum Gasteiger partial charge on any atom is -0.349 e. The Hall–Kier alpha value is -2.51. The van der Waals surface area contributed by atoms with Gasteiger partial charge in [-0.25, -0.2) is 4.98 Å². The van der Waals surface area contributed by atoms with Crippen LogP contribution in [0.15, 0.2) is 58.3 Å². The number of nitrogens with zero attached hydrogens (tertiary/aromatic N) is 2. The van der Waals surface area contributed by atoms with Gasteiger partial charge in [0, 0.05) is 34.5 Å². The van der Waals surface area contributed by atoms with Crippen molar-refractivity contribution in [1.82, 2.24) is 14.9 Å². The number of benzene rings is 2. The zero-order valence-electron chi connectivity index (χ0n) is 20.8. The third kappa shape index (κ3) is 5.36. The van der Waals surface area contributed by atoms with Crippen LogP contribution in [0.3, 0.4) is 0 Å². The molecule has 1 saturated carbocycles. The molecule has 184 valence electrons. The van der Waals surface area contributed by atoms with Crippen molar-refractivity contribution >= 4 is 46.2 Å². The minimum absolute atomic E-state index is 0.0109. The van der Waals surface area contributed by atoms with Gasteiger partial charge in [-0.3, -0.25) is 9.59 Å². The molecule has 0 spiro atoms. The molecule has 2 aromatic carbocycles. The van der Waals surface area contributed by atoms with Crippen LogP contribution in [0.4, 0.5) is 0 Å². The van der Waals surface area contributed by atoms with Gasteiger partial charge in [-0.05, 0) is 69.4 Å². The molecule has 1 fully saturated rings. The highest BCUT2D eigenvalue weighted by atomic mass is 32.2. The molecule has 1 aliphatic carbocycles. The summed E-state index contributed by atoms with van der Waals surface area (Å²) in [5, 5.41) is 3.26. The number of carbonyl (C=O) groups excluding carboxylic acids is 2. The number of ketones is 1. The van der Waals surface area contributed by atoms with E-state index in [1.807, 2.05) is 44.4 Å². The van der Waals surface area contributed by atoms with E-state index >= 15 is 0 Å². The molecule has 7 heteroatoms. The number of carbonyl (C=O) groups is 2. The lowest BCUT2D eigenvalue weighted by Gasteiger charge is -2.32. The van der Waals surface area contributed by atoms with Gasteiger partial charge in [0.25, 0.3) is 5.91 Å². The summed E-state index contributed by atoms with van der Waals surface area (Å²) in [6.45, 7) is 3.79. The third-order valence-electron chi connectivity index (χ3n) is 6.73. The smallest absolute Gasteiger partial charge is 0.257 e. The van der Waals surface area contributed by atoms with E-state index in [4.69, 9.17) is 4.98 Å². The molecule has 0 aliphatic heterocycles. The average molecular weight is 508 g/mol. The second kappa shape index (κ2) is 11.5. The van der Waals surface area contributed by atoms with Gasteiger partial charge in [-0.2, -0.15) is 0 Å². The monoisotopic (exact) mass is 507 g/mol. The summed E-state index contributed by atoms with van der Waals surface area (Å²) in [5.41, 5.74) is 3.70. The van der Waals surface area contributed by atoms with E-state index in [2.05, 4.69) is 40.4 Å². The van der Waals surface area contributed by atoms with Gasteiger partial charge < -0.3 is 9.88 Å². The van der Waals surface area contributed by atoms with E-state index < -0.39 is 0 Å². The van der Waals surface area contributed by atoms with Crippen molar-refractivity contribution in [3.05, 3.63) is 59.0 Å². The van der Waals surface area contributed by atoms with Gasteiger partial charge in [0.05, 0.1) is 15.9 Å². The zero-order valence-corrected chi connectivity index (χ0v) is 22.5. The number of imidazole rings is 1. The zero-order chi connectivity index (χ0) is 24.9. The maximum absolute atomic E-state index is 12.7. The highest BCUT2D eigenvalue weighted by Gasteiger charge is 2.29. The van der Waals surface area contributed by atoms with E-state index in [9.17, 15) is 9.59 Å². The SMILES string of the molecule is C/C=C(\SC)C(=O)NC1CCCC(n2c(-c3ccccc3SC)nc3cc(C(=O)CC)ccc32)C1. The lowest BCUT2D eigenvalue weighted by molar-refractivity contribution is -0.117. The number of thioether (sulfide) groups is 2. The largest absolute Gasteiger partial charge is 0.349 e. The van der Waals surface area contributed by atoms with Crippen LogP contribution in [-0.2, 0) is 4.79 Å². The molecule has 5 nitrogen and oxygen atoms in total. The number of Topliss-reactive ketones (excluding diaryl/α,β-unsaturated/α-hetero) is 1. The van der Waals surface area contributed by atoms with Gasteiger partial charge in [0.2, 0.25) is 0 Å². The number of allylic oxidation sites excluding steroid dienone is 1. The summed E-state index contributed by atoms with van der Waals surface area (Å²) >= 11 is 3.19.